The molecule has 3 aromatic rings. The molecule has 2 atom stereocenters. The summed E-state index contributed by atoms with van der Waals surface area (Å²) < 4.78 is 11.8. The Bertz CT molecular complexity index is 1050. The topological polar surface area (TPSA) is 38.0 Å². The molecular weight excluding hydrogens is 407 g/mol. The molecule has 0 unspecified atom stereocenters. The van der Waals surface area contributed by atoms with E-state index in [2.05, 4.69) is 0 Å². The lowest BCUT2D eigenvalue weighted by Crippen LogP contribution is -2.33. The van der Waals surface area contributed by atoms with Gasteiger partial charge in [-0.25, -0.2) is 5.01 Å². The van der Waals surface area contributed by atoms with Gasteiger partial charge in [0, 0.05) is 27.6 Å². The minimum absolute atomic E-state index is 0.0238. The first-order valence-corrected chi connectivity index (χ1v) is 9.54. The Morgan fingerprint density at radius 2 is 1.78 bits per heavy atom. The lowest BCUT2D eigenvalue weighted by molar-refractivity contribution is -0.0189. The van der Waals surface area contributed by atoms with Gasteiger partial charge in [0.1, 0.15) is 17.2 Å². The molecule has 1 aromatic heterocycles. The van der Waals surface area contributed by atoms with Crippen molar-refractivity contribution in [3.8, 4) is 5.75 Å². The predicted molar refractivity (Wildman–Crippen MR) is 106 cm³/mol. The van der Waals surface area contributed by atoms with E-state index in [1.165, 1.54) is 0 Å². The van der Waals surface area contributed by atoms with Gasteiger partial charge in [0.05, 0.1) is 17.3 Å². The summed E-state index contributed by atoms with van der Waals surface area (Å²) in [4.78, 5) is 0. The van der Waals surface area contributed by atoms with Crippen molar-refractivity contribution in [2.75, 3.05) is 0 Å². The number of benzene rings is 2. The van der Waals surface area contributed by atoms with Crippen molar-refractivity contribution in [1.82, 2.24) is 5.01 Å². The summed E-state index contributed by atoms with van der Waals surface area (Å²) in [5.41, 5.74) is 2.65. The average Bonchev–Trinajstić information content (AvgIpc) is 3.31. The molecule has 5 rings (SSSR count). The van der Waals surface area contributed by atoms with Crippen LogP contribution in [0, 0.1) is 0 Å². The molecular formula is C20H13Cl3N2O2. The van der Waals surface area contributed by atoms with E-state index < -0.39 is 6.23 Å². The van der Waals surface area contributed by atoms with Crippen LogP contribution in [0.15, 0.2) is 64.3 Å². The fourth-order valence-corrected chi connectivity index (χ4v) is 4.24. The second-order valence-electron chi connectivity index (χ2n) is 6.44. The number of ether oxygens (including phenoxy) is 1. The minimum atomic E-state index is -0.471. The summed E-state index contributed by atoms with van der Waals surface area (Å²) in [6, 6.07) is 14.7. The molecule has 0 bridgehead atoms. The van der Waals surface area contributed by atoms with Gasteiger partial charge in [0.2, 0.25) is 6.23 Å². The number of hydrogen-bond donors (Lipinski definition) is 0. The molecule has 3 heterocycles. The lowest BCUT2D eigenvalue weighted by atomic mass is 9.97. The van der Waals surface area contributed by atoms with Gasteiger partial charge in [-0.3, -0.25) is 0 Å². The summed E-state index contributed by atoms with van der Waals surface area (Å²) in [6.07, 6.45) is 1.86. The molecule has 2 aliphatic rings. The van der Waals surface area contributed by atoms with Crippen LogP contribution in [0.1, 0.15) is 35.6 Å². The second-order valence-corrected chi connectivity index (χ2v) is 7.72. The van der Waals surface area contributed by atoms with Gasteiger partial charge >= 0.3 is 0 Å². The van der Waals surface area contributed by atoms with Crippen LogP contribution in [-0.2, 0) is 0 Å². The fourth-order valence-electron chi connectivity index (χ4n) is 3.56. The number of fused-ring (bicyclic) bond motifs is 3. The Kier molecular flexibility index (Phi) is 4.08. The maximum atomic E-state index is 6.46. The van der Waals surface area contributed by atoms with E-state index >= 15 is 0 Å². The van der Waals surface area contributed by atoms with Gasteiger partial charge in [-0.2, -0.15) is 5.10 Å². The molecule has 0 saturated heterocycles. The first-order chi connectivity index (χ1) is 13.1. The van der Waals surface area contributed by atoms with Gasteiger partial charge in [-0.1, -0.05) is 40.9 Å². The highest BCUT2D eigenvalue weighted by atomic mass is 35.5. The average molecular weight is 420 g/mol. The lowest BCUT2D eigenvalue weighted by Gasteiger charge is -2.38. The highest BCUT2D eigenvalue weighted by molar-refractivity contribution is 6.35. The summed E-state index contributed by atoms with van der Waals surface area (Å²) in [5, 5.41) is 8.49. The third-order valence-corrected chi connectivity index (χ3v) is 5.58. The molecule has 0 saturated carbocycles. The van der Waals surface area contributed by atoms with Gasteiger partial charge < -0.3 is 9.15 Å². The minimum Gasteiger partial charge on any atom is -0.464 e. The third kappa shape index (κ3) is 2.89. The third-order valence-electron chi connectivity index (χ3n) is 4.79. The van der Waals surface area contributed by atoms with E-state index in [1.807, 2.05) is 41.4 Å². The Balaban J connectivity index is 1.64. The van der Waals surface area contributed by atoms with Crippen LogP contribution >= 0.6 is 34.8 Å². The van der Waals surface area contributed by atoms with Crippen LogP contribution in [0.5, 0.6) is 5.75 Å². The standard InChI is InChI=1S/C20H13Cl3N2O2/c21-11-4-6-18-14(8-11)17-10-16(19-2-1-7-26-19)24-25(17)20(27-18)13-5-3-12(22)9-15(13)23/h1-9,17,20H,10H2/t17-,20-/m1/s1. The van der Waals surface area contributed by atoms with Gasteiger partial charge in [0.25, 0.3) is 0 Å². The number of halogens is 3. The first kappa shape index (κ1) is 17.0. The number of rotatable bonds is 2. The van der Waals surface area contributed by atoms with Crippen LogP contribution in [0.4, 0.5) is 0 Å². The van der Waals surface area contributed by atoms with Gasteiger partial charge in [-0.05, 0) is 42.5 Å². The molecule has 27 heavy (non-hydrogen) atoms. The van der Waals surface area contributed by atoms with E-state index in [-0.39, 0.29) is 6.04 Å². The van der Waals surface area contributed by atoms with Crippen LogP contribution in [0.2, 0.25) is 15.1 Å². The molecule has 0 spiro atoms. The van der Waals surface area contributed by atoms with Crippen molar-refractivity contribution >= 4 is 40.5 Å². The van der Waals surface area contributed by atoms with E-state index in [0.717, 1.165) is 28.3 Å². The Morgan fingerprint density at radius 3 is 2.56 bits per heavy atom. The van der Waals surface area contributed by atoms with E-state index in [1.54, 1.807) is 18.4 Å². The zero-order valence-electron chi connectivity index (χ0n) is 13.9. The largest absolute Gasteiger partial charge is 0.464 e. The smallest absolute Gasteiger partial charge is 0.215 e. The van der Waals surface area contributed by atoms with Crippen molar-refractivity contribution in [2.45, 2.75) is 18.7 Å². The second kappa shape index (κ2) is 6.48. The molecule has 0 fully saturated rings. The van der Waals surface area contributed by atoms with Crippen LogP contribution in [-0.4, -0.2) is 10.7 Å². The quantitative estimate of drug-likeness (QED) is 0.477. The Morgan fingerprint density at radius 1 is 0.963 bits per heavy atom. The zero-order valence-corrected chi connectivity index (χ0v) is 16.2. The highest BCUT2D eigenvalue weighted by Gasteiger charge is 2.42. The molecule has 7 heteroatoms. The van der Waals surface area contributed by atoms with Crippen molar-refractivity contribution in [2.24, 2.45) is 5.10 Å². The molecule has 4 nitrogen and oxygen atoms in total. The fraction of sp³-hybridized carbons (Fsp3) is 0.150. The van der Waals surface area contributed by atoms with Crippen molar-refractivity contribution < 1.29 is 9.15 Å². The molecule has 0 aliphatic carbocycles. The number of hydrazone groups is 1. The molecule has 136 valence electrons. The molecule has 2 aliphatic heterocycles. The first-order valence-electron chi connectivity index (χ1n) is 8.41. The molecule has 2 aromatic carbocycles. The van der Waals surface area contributed by atoms with Crippen molar-refractivity contribution in [3.05, 3.63) is 86.7 Å². The summed E-state index contributed by atoms with van der Waals surface area (Å²) in [7, 11) is 0. The van der Waals surface area contributed by atoms with Crippen LogP contribution < -0.4 is 4.74 Å². The summed E-state index contributed by atoms with van der Waals surface area (Å²) >= 11 is 18.8. The number of hydrogen-bond acceptors (Lipinski definition) is 4. The van der Waals surface area contributed by atoms with E-state index in [4.69, 9.17) is 49.1 Å². The number of nitrogens with zero attached hydrogens (tertiary/aromatic N) is 2. The van der Waals surface area contributed by atoms with E-state index in [9.17, 15) is 0 Å². The normalized spacial score (nSPS) is 20.7. The highest BCUT2D eigenvalue weighted by Crippen LogP contribution is 2.49. The molecule has 0 radical (unpaired) electrons. The predicted octanol–water partition coefficient (Wildman–Crippen LogP) is 6.48. The van der Waals surface area contributed by atoms with Gasteiger partial charge in [-0.15, -0.1) is 0 Å². The van der Waals surface area contributed by atoms with Crippen LogP contribution in [0.25, 0.3) is 0 Å². The van der Waals surface area contributed by atoms with Crippen molar-refractivity contribution in [3.63, 3.8) is 0 Å². The maximum absolute atomic E-state index is 6.46. The Hall–Kier alpha value is -2.14. The van der Waals surface area contributed by atoms with E-state index in [0.29, 0.717) is 21.5 Å². The maximum Gasteiger partial charge on any atom is 0.215 e. The van der Waals surface area contributed by atoms with Crippen molar-refractivity contribution in [1.29, 1.82) is 0 Å². The summed E-state index contributed by atoms with van der Waals surface area (Å²) in [5.74, 6) is 1.52. The molecule has 0 N–H and O–H groups in total. The zero-order chi connectivity index (χ0) is 18.5. The SMILES string of the molecule is Clc1ccc([C@H]2Oc3ccc(Cl)cc3[C@H]3CC(c4ccco4)=NN32)c(Cl)c1. The van der Waals surface area contributed by atoms with Gasteiger partial charge in [0.15, 0.2) is 0 Å². The molecule has 0 amide bonds. The number of furan rings is 1. The monoisotopic (exact) mass is 418 g/mol. The summed E-state index contributed by atoms with van der Waals surface area (Å²) in [6.45, 7) is 0. The van der Waals surface area contributed by atoms with Crippen LogP contribution in [0.3, 0.4) is 0 Å². The Labute approximate surface area is 170 Å².